The minimum absolute atomic E-state index is 0. The molecule has 0 amide bonds. The average molecular weight is 548 g/mol. The van der Waals surface area contributed by atoms with Gasteiger partial charge in [-0.2, -0.15) is 0 Å². The van der Waals surface area contributed by atoms with Crippen molar-refractivity contribution in [1.82, 2.24) is 0 Å². The van der Waals surface area contributed by atoms with Crippen LogP contribution in [0.2, 0.25) is 0 Å². The van der Waals surface area contributed by atoms with Crippen molar-refractivity contribution < 1.29 is 38.3 Å². The summed E-state index contributed by atoms with van der Waals surface area (Å²) in [5, 5.41) is 0. The molecule has 0 radical (unpaired) electrons. The van der Waals surface area contributed by atoms with Gasteiger partial charge >= 0.3 is 19.5 Å². The maximum atomic E-state index is 11.8. The normalized spacial score (nSPS) is 17.7. The quantitative estimate of drug-likeness (QED) is 0.321. The van der Waals surface area contributed by atoms with Crippen LogP contribution < -0.4 is 9.79 Å². The Morgan fingerprint density at radius 2 is 0.778 bits per heavy atom. The Morgan fingerprint density at radius 3 is 0.889 bits per heavy atom. The Kier molecular flexibility index (Phi) is 15.0. The van der Waals surface area contributed by atoms with Crippen LogP contribution in [0.25, 0.3) is 0 Å². The largest absolute Gasteiger partial charge is 2.00 e. The third kappa shape index (κ3) is 28.5. The maximum absolute atomic E-state index is 11.8. The van der Waals surface area contributed by atoms with Crippen LogP contribution >= 0.6 is 34.2 Å². The molecule has 2 unspecified atom stereocenters. The van der Waals surface area contributed by atoms with Crippen molar-refractivity contribution in [2.24, 2.45) is 0 Å². The Bertz CT molecular complexity index is 444. The molecule has 160 valence electrons. The molecule has 0 N–H and O–H groups in total. The van der Waals surface area contributed by atoms with Crippen LogP contribution in [0, 0.1) is 0 Å². The van der Waals surface area contributed by atoms with Crippen LogP contribution in [-0.4, -0.2) is 20.7 Å². The van der Waals surface area contributed by atoms with Gasteiger partial charge in [-0.25, -0.2) is 0 Å². The Balaban J connectivity index is -0.000000411. The molecular formula is C16H36O4P2S4Zn. The fourth-order valence-electron chi connectivity index (χ4n) is 1.38. The van der Waals surface area contributed by atoms with Crippen LogP contribution in [0.3, 0.4) is 0 Å². The van der Waals surface area contributed by atoms with Gasteiger partial charge in [-0.15, -0.1) is 22.8 Å². The Labute approximate surface area is 198 Å². The van der Waals surface area contributed by atoms with Gasteiger partial charge in [-0.05, 0) is 41.5 Å². The zero-order valence-electron chi connectivity index (χ0n) is 18.9. The van der Waals surface area contributed by atoms with E-state index in [0.29, 0.717) is 0 Å². The van der Waals surface area contributed by atoms with E-state index in [1.807, 2.05) is 83.1 Å². The zero-order chi connectivity index (χ0) is 21.8. The number of hydrogen-bond acceptors (Lipinski definition) is 8. The summed E-state index contributed by atoms with van der Waals surface area (Å²) in [6.45, 7) is 23.0. The summed E-state index contributed by atoms with van der Waals surface area (Å²) in [5.74, 6) is 0. The molecular weight excluding hydrogens is 512 g/mol. The number of hydrogen-bond donors (Lipinski definition) is 0. The van der Waals surface area contributed by atoms with E-state index in [0.717, 1.165) is 0 Å². The average Bonchev–Trinajstić information content (AvgIpc) is 1.97. The second-order valence-electron chi connectivity index (χ2n) is 9.71. The van der Waals surface area contributed by atoms with Crippen molar-refractivity contribution in [3.63, 3.8) is 0 Å². The molecule has 11 heteroatoms. The van der Waals surface area contributed by atoms with Crippen molar-refractivity contribution in [1.29, 1.82) is 0 Å². The fraction of sp³-hybridized carbons (Fsp3) is 1.00. The van der Waals surface area contributed by atoms with Crippen LogP contribution in [0.5, 0.6) is 0 Å². The van der Waals surface area contributed by atoms with Crippen molar-refractivity contribution in [3.8, 4) is 0 Å². The monoisotopic (exact) mass is 546 g/mol. The van der Waals surface area contributed by atoms with Gasteiger partial charge in [0, 0.05) is 20.9 Å². The predicted molar refractivity (Wildman–Crippen MR) is 125 cm³/mol. The molecule has 2 atom stereocenters. The second-order valence-corrected chi connectivity index (χ2v) is 22.9. The molecule has 0 aliphatic heterocycles. The molecule has 0 saturated carbocycles. The topological polar surface area (TPSA) is 64.6 Å². The molecule has 0 spiro atoms. The zero-order valence-corrected chi connectivity index (χ0v) is 26.9. The SMILES string of the molecule is CC(C)(C)OP([O-])(=S)SC(C)(C)C.CC(C)(C)OP([O-])(=S)SC(C)(C)C.[Zn+2]. The third-order valence-corrected chi connectivity index (χ3v) is 11.5. The molecule has 0 aromatic carbocycles. The summed E-state index contributed by atoms with van der Waals surface area (Å²) in [7, 11) is 0. The van der Waals surface area contributed by atoms with Gasteiger partial charge in [0.05, 0.1) is 11.2 Å². The predicted octanol–water partition coefficient (Wildman–Crippen LogP) is 5.83. The summed E-state index contributed by atoms with van der Waals surface area (Å²) in [4.78, 5) is 23.6. The molecule has 0 aromatic rings. The van der Waals surface area contributed by atoms with Gasteiger partial charge in [-0.1, -0.05) is 65.2 Å². The van der Waals surface area contributed by atoms with Crippen LogP contribution in [0.1, 0.15) is 83.1 Å². The first kappa shape index (κ1) is 34.1. The van der Waals surface area contributed by atoms with Crippen LogP contribution in [0.15, 0.2) is 0 Å². The molecule has 4 nitrogen and oxygen atoms in total. The fourth-order valence-corrected chi connectivity index (χ4v) is 15.1. The molecule has 0 bridgehead atoms. The van der Waals surface area contributed by atoms with E-state index in [1.54, 1.807) is 0 Å². The summed E-state index contributed by atoms with van der Waals surface area (Å²) in [6, 6.07) is 0. The molecule has 0 rings (SSSR count). The molecule has 0 fully saturated rings. The van der Waals surface area contributed by atoms with E-state index < -0.39 is 22.6 Å². The minimum Gasteiger partial charge on any atom is -0.793 e. The molecule has 0 aromatic heterocycles. The van der Waals surface area contributed by atoms with Crippen molar-refractivity contribution in [2.75, 3.05) is 0 Å². The maximum Gasteiger partial charge on any atom is 2.00 e. The van der Waals surface area contributed by atoms with E-state index >= 15 is 0 Å². The van der Waals surface area contributed by atoms with E-state index in [4.69, 9.17) is 32.7 Å². The van der Waals surface area contributed by atoms with Gasteiger partial charge in [0.15, 0.2) is 0 Å². The third-order valence-electron chi connectivity index (χ3n) is 1.54. The van der Waals surface area contributed by atoms with E-state index in [1.165, 1.54) is 22.8 Å². The van der Waals surface area contributed by atoms with Crippen LogP contribution in [0.4, 0.5) is 0 Å². The first-order valence-electron chi connectivity index (χ1n) is 8.28. The number of rotatable bonds is 4. The molecule has 27 heavy (non-hydrogen) atoms. The summed E-state index contributed by atoms with van der Waals surface area (Å²) in [6.07, 6.45) is 0. The van der Waals surface area contributed by atoms with Crippen molar-refractivity contribution in [3.05, 3.63) is 0 Å². The first-order chi connectivity index (χ1) is 10.8. The Morgan fingerprint density at radius 1 is 0.593 bits per heavy atom. The summed E-state index contributed by atoms with van der Waals surface area (Å²) < 4.78 is 10.4. The van der Waals surface area contributed by atoms with Crippen LogP contribution in [-0.2, 0) is 52.1 Å². The van der Waals surface area contributed by atoms with Gasteiger partial charge in [0.25, 0.3) is 0 Å². The molecule has 0 heterocycles. The molecule has 0 aliphatic rings. The van der Waals surface area contributed by atoms with Crippen molar-refractivity contribution in [2.45, 2.75) is 104 Å². The van der Waals surface area contributed by atoms with E-state index in [-0.39, 0.29) is 29.0 Å². The summed E-state index contributed by atoms with van der Waals surface area (Å²) >= 11 is 12.3. The van der Waals surface area contributed by atoms with E-state index in [2.05, 4.69) is 0 Å². The van der Waals surface area contributed by atoms with Gasteiger partial charge in [0.1, 0.15) is 0 Å². The van der Waals surface area contributed by atoms with Gasteiger partial charge in [0.2, 0.25) is 0 Å². The van der Waals surface area contributed by atoms with E-state index in [9.17, 15) is 9.79 Å². The second kappa shape index (κ2) is 11.9. The van der Waals surface area contributed by atoms with Crippen molar-refractivity contribution >= 4 is 57.8 Å². The smallest absolute Gasteiger partial charge is 0.793 e. The molecule has 0 aliphatic carbocycles. The van der Waals surface area contributed by atoms with Gasteiger partial charge in [-0.3, -0.25) is 0 Å². The summed E-state index contributed by atoms with van der Waals surface area (Å²) in [5.41, 5.74) is -6.74. The molecule has 0 saturated heterocycles. The standard InChI is InChI=1S/2C8H19O2PS2.Zn/c2*1-7(2,3)10-11(9,12)13-8(4,5)6;/h2*1-6H3,(H,9,12);/q;;+2/p-2. The van der Waals surface area contributed by atoms with Gasteiger partial charge < -0.3 is 18.8 Å². The minimum atomic E-state index is -2.94. The Hall–Kier alpha value is 2.46. The first-order valence-corrected chi connectivity index (χ1v) is 16.4.